The van der Waals surface area contributed by atoms with Gasteiger partial charge in [-0.2, -0.15) is 13.2 Å². The van der Waals surface area contributed by atoms with Crippen molar-refractivity contribution in [1.82, 2.24) is 79.3 Å². The number of likely N-dealkylation sites (N-methyl/N-ethyl adjacent to an activating group) is 1. The standard InChI is InChI=1S/C96H137F3N22O23S/c1-50(2)40-67-86(134)108-65(36-39-102)85(133)113-70(42-54-16-10-8-11-17-54)91(139)120-79(51(3)4)93(141)109-63(22-15-37-100)83(131)118-73(92(140)107-62(35-38-101)81(106)129)48-145-49-76(124)119-80(52(5)103)94(142)110-64(31-33-74(104)122)84(132)117-72(46-77(125)126)90(138)116-71(45-57-18-14-21-60(41-57)96(97,98)99)89(137)115-69(44-56-25-29-61(30-26-56)144-47-78(127)128)88(136)114-68(43-55-23-27-59(28-24-55)58-19-12-9-13-20-58)87(135)111-66(32-34-75(105)123)95(143)121(7)53(6)82(130)112-67/h9,12-14,18-21,23-30,41,50-54,62-73,79-80H,8,10-11,15-17,22,31-40,42-49,100-103H2,1-7H3,(H2,104,122)(H2,105,123)(H2,106,129)(H,107,140)(H,108,134)(H,109,141)(H,110,142)(H,111,135)(H,112,130)(H,113,133)(H,114,136)(H,115,137)(H,116,138)(H,117,132)(H,118,131)(H,119,124)(H,120,139)(H,125,126)(H,127,128)/t52-,53+,62+,63+,64+,65+,66+,67-,68+,69+,70+,71+,72+,73+,79+,80+/m1/s1. The Bertz CT molecular complexity index is 5140. The van der Waals surface area contributed by atoms with Crippen molar-refractivity contribution in [2.75, 3.05) is 44.8 Å². The fourth-order valence-corrected chi connectivity index (χ4v) is 16.8. The zero-order valence-corrected chi connectivity index (χ0v) is 82.8. The largest absolute Gasteiger partial charge is 0.482 e. The van der Waals surface area contributed by atoms with Crippen molar-refractivity contribution in [2.45, 2.75) is 266 Å². The minimum atomic E-state index is -5.05. The van der Waals surface area contributed by atoms with E-state index in [1.165, 1.54) is 38.1 Å². The first-order valence-electron chi connectivity index (χ1n) is 47.8. The summed E-state index contributed by atoms with van der Waals surface area (Å²) in [7, 11) is 1.15. The van der Waals surface area contributed by atoms with E-state index in [-0.39, 0.29) is 86.9 Å². The molecular formula is C96H137F3N22O23S. The van der Waals surface area contributed by atoms with Crippen LogP contribution in [0.5, 0.6) is 5.75 Å². The van der Waals surface area contributed by atoms with Gasteiger partial charge in [-0.25, -0.2) is 4.79 Å². The summed E-state index contributed by atoms with van der Waals surface area (Å²) in [5.74, 6) is -26.1. The second kappa shape index (κ2) is 59.3. The Kier molecular flexibility index (Phi) is 49.0. The van der Waals surface area contributed by atoms with Crippen LogP contribution in [0.25, 0.3) is 11.1 Å². The van der Waals surface area contributed by atoms with E-state index in [4.69, 9.17) is 44.9 Å². The van der Waals surface area contributed by atoms with Crippen LogP contribution in [-0.2, 0) is 121 Å². The zero-order chi connectivity index (χ0) is 108. The van der Waals surface area contributed by atoms with Crippen molar-refractivity contribution < 1.29 is 124 Å². The quantitative estimate of drug-likeness (QED) is 0.0224. The van der Waals surface area contributed by atoms with Crippen LogP contribution in [0.4, 0.5) is 13.2 Å². The van der Waals surface area contributed by atoms with Crippen LogP contribution in [0.1, 0.15) is 167 Å². The number of halogens is 3. The molecule has 145 heavy (non-hydrogen) atoms. The summed E-state index contributed by atoms with van der Waals surface area (Å²) in [6.45, 7) is 7.72. The Labute approximate surface area is 840 Å². The van der Waals surface area contributed by atoms with Crippen LogP contribution in [0.3, 0.4) is 0 Å². The first-order valence-corrected chi connectivity index (χ1v) is 48.9. The lowest BCUT2D eigenvalue weighted by Gasteiger charge is -2.32. The predicted molar refractivity (Wildman–Crippen MR) is 524 cm³/mol. The average molecular weight is 2060 g/mol. The number of nitrogens with zero attached hydrogens (tertiary/aromatic N) is 1. The van der Waals surface area contributed by atoms with E-state index >= 15 is 28.8 Å². The Morgan fingerprint density at radius 1 is 0.490 bits per heavy atom. The van der Waals surface area contributed by atoms with Gasteiger partial charge in [0.15, 0.2) is 6.61 Å². The monoisotopic (exact) mass is 2050 g/mol. The topological polar surface area (TPSA) is 745 Å². The van der Waals surface area contributed by atoms with Crippen molar-refractivity contribution in [3.63, 3.8) is 0 Å². The van der Waals surface area contributed by atoms with Gasteiger partial charge in [0, 0.05) is 50.9 Å². The van der Waals surface area contributed by atoms with Gasteiger partial charge in [-0.05, 0) is 149 Å². The molecule has 2 fully saturated rings. The Morgan fingerprint density at radius 3 is 1.48 bits per heavy atom. The van der Waals surface area contributed by atoms with Crippen LogP contribution in [0.15, 0.2) is 103 Å². The minimum absolute atomic E-state index is 0.0203. The van der Waals surface area contributed by atoms with E-state index in [1.54, 1.807) is 82.3 Å². The number of benzene rings is 4. The van der Waals surface area contributed by atoms with Gasteiger partial charge in [-0.15, -0.1) is 11.8 Å². The summed E-state index contributed by atoms with van der Waals surface area (Å²) >= 11 is 0.642. The number of amides is 18. The summed E-state index contributed by atoms with van der Waals surface area (Å²) < 4.78 is 49.1. The van der Waals surface area contributed by atoms with Gasteiger partial charge in [0.25, 0.3) is 0 Å². The van der Waals surface area contributed by atoms with Gasteiger partial charge < -0.3 is 134 Å². The van der Waals surface area contributed by atoms with Crippen molar-refractivity contribution >= 4 is 130 Å². The molecule has 0 unspecified atom stereocenters. The number of carbonyl (C=O) groups is 20. The molecule has 1 aliphatic carbocycles. The molecule has 6 rings (SSSR count). The minimum Gasteiger partial charge on any atom is -0.482 e. The number of carbonyl (C=O) groups excluding carboxylic acids is 18. The van der Waals surface area contributed by atoms with E-state index in [1.807, 2.05) is 0 Å². The molecule has 1 saturated heterocycles. The molecule has 1 heterocycles. The van der Waals surface area contributed by atoms with Crippen LogP contribution in [0, 0.1) is 17.8 Å². The van der Waals surface area contributed by atoms with Crippen molar-refractivity contribution in [3.8, 4) is 16.9 Å². The van der Waals surface area contributed by atoms with Crippen LogP contribution >= 0.6 is 11.8 Å². The van der Waals surface area contributed by atoms with Crippen molar-refractivity contribution in [3.05, 3.63) is 125 Å². The summed E-state index contributed by atoms with van der Waals surface area (Å²) in [5.41, 5.74) is 41.1. The number of alkyl halides is 3. The lowest BCUT2D eigenvalue weighted by molar-refractivity contribution is -0.143. The highest BCUT2D eigenvalue weighted by Crippen LogP contribution is 2.32. The third kappa shape index (κ3) is 40.7. The first kappa shape index (κ1) is 120. The first-order chi connectivity index (χ1) is 68.5. The molecule has 45 nitrogen and oxygen atoms in total. The molecule has 0 radical (unpaired) electrons. The maximum absolute atomic E-state index is 15.7. The number of carboxylic acid groups (broad SMARTS) is 2. The van der Waals surface area contributed by atoms with Gasteiger partial charge in [-0.1, -0.05) is 145 Å². The number of hydrogen-bond donors (Lipinski definition) is 23. The van der Waals surface area contributed by atoms with E-state index in [2.05, 4.69) is 74.4 Å². The number of carboxylic acids is 2. The third-order valence-electron chi connectivity index (χ3n) is 24.1. The molecule has 18 amide bonds. The SMILES string of the molecule is CC(C)C[C@H]1NC(=O)[C@H](C)N(C)C(=O)[C@H](CCC(N)=O)NC(=O)[C@H](Cc2ccc(-c3ccccc3)cc2)NC(=O)[C@H](Cc2ccc(OCC(=O)O)cc2)NC(=O)[C@H](Cc2cccc(C(F)(F)F)c2)NC(=O)[C@H](CC(=O)O)NC(=O)[C@H](CCC(N)=O)NC(=O)[C@H]([C@@H](C)N)NC(=O)CSC[C@@H](C(=O)N[C@@H](CCN)C(N)=O)NC(=O)[C@H](CCCN)NC(=O)[C@H](C(C)C)NC(=O)[C@H](CC2CCCCC2)NC(=O)[C@H](CCN)NC1=O. The lowest BCUT2D eigenvalue weighted by atomic mass is 9.84. The van der Waals surface area contributed by atoms with Gasteiger partial charge >= 0.3 is 18.1 Å². The number of hydrogen-bond acceptors (Lipinski definition) is 26. The highest BCUT2D eigenvalue weighted by atomic mass is 32.2. The predicted octanol–water partition coefficient (Wildman–Crippen LogP) is -2.81. The summed E-state index contributed by atoms with van der Waals surface area (Å²) in [6.07, 6.45) is -8.27. The molecule has 796 valence electrons. The molecule has 4 aromatic rings. The number of ether oxygens (including phenoxy) is 1. The fourth-order valence-electron chi connectivity index (χ4n) is 16.0. The van der Waals surface area contributed by atoms with Crippen LogP contribution in [0.2, 0.25) is 0 Å². The van der Waals surface area contributed by atoms with Crippen molar-refractivity contribution in [2.24, 2.45) is 57.9 Å². The van der Waals surface area contributed by atoms with E-state index < -0.39 is 302 Å². The van der Waals surface area contributed by atoms with Gasteiger partial charge in [0.05, 0.1) is 17.7 Å². The molecule has 0 aromatic heterocycles. The normalized spacial score (nSPS) is 23.5. The molecule has 4 aromatic carbocycles. The fraction of sp³-hybridized carbons (Fsp3) is 0.542. The van der Waals surface area contributed by atoms with Crippen molar-refractivity contribution in [1.29, 1.82) is 0 Å². The molecule has 1 saturated carbocycles. The maximum atomic E-state index is 15.7. The second-order valence-corrected chi connectivity index (χ2v) is 37.7. The second-order valence-electron chi connectivity index (χ2n) is 36.7. The third-order valence-corrected chi connectivity index (χ3v) is 25.1. The highest BCUT2D eigenvalue weighted by Gasteiger charge is 2.42. The summed E-state index contributed by atoms with van der Waals surface area (Å²) in [6, 6.07) is -3.91. The molecule has 49 heteroatoms. The smallest absolute Gasteiger partial charge is 0.416 e. The van der Waals surface area contributed by atoms with Gasteiger partial charge in [-0.3, -0.25) is 91.1 Å². The number of thioether (sulfide) groups is 1. The summed E-state index contributed by atoms with van der Waals surface area (Å²) in [4.78, 5) is 287. The number of nitrogens with two attached hydrogens (primary N) is 7. The highest BCUT2D eigenvalue weighted by molar-refractivity contribution is 8.00. The molecule has 2 aliphatic rings. The molecule has 0 bridgehead atoms. The van der Waals surface area contributed by atoms with E-state index in [9.17, 15) is 90.5 Å². The van der Waals surface area contributed by atoms with E-state index in [0.717, 1.165) is 48.9 Å². The Morgan fingerprint density at radius 2 is 0.959 bits per heavy atom. The molecule has 0 spiro atoms. The van der Waals surface area contributed by atoms with Crippen LogP contribution in [-0.4, -0.2) is 275 Å². The Balaban J connectivity index is 1.54. The maximum Gasteiger partial charge on any atom is 0.416 e. The average Bonchev–Trinajstić information content (AvgIpc) is 0.824. The molecule has 30 N–H and O–H groups in total. The summed E-state index contributed by atoms with van der Waals surface area (Å²) in [5, 5.41) is 54.9. The molecular weight excluding hydrogens is 1920 g/mol. The number of primary amides is 3. The Hall–Kier alpha value is -13.9. The van der Waals surface area contributed by atoms with Gasteiger partial charge in [0.1, 0.15) is 96.4 Å². The number of aliphatic carboxylic acids is 2. The number of nitrogens with one attached hydrogen (secondary N) is 14. The zero-order valence-electron chi connectivity index (χ0n) is 82.0. The van der Waals surface area contributed by atoms with E-state index in [0.29, 0.717) is 47.9 Å². The lowest BCUT2D eigenvalue weighted by Crippen LogP contribution is -2.62. The molecule has 1 aliphatic heterocycles. The molecule has 16 atom stereocenters. The number of rotatable bonds is 34. The van der Waals surface area contributed by atoms with Gasteiger partial charge in [0.2, 0.25) is 106 Å². The van der Waals surface area contributed by atoms with Crippen LogP contribution < -0.4 is 119 Å².